The van der Waals surface area contributed by atoms with Gasteiger partial charge >= 0.3 is 0 Å². The maximum Gasteiger partial charge on any atom is 0.229 e. The van der Waals surface area contributed by atoms with Gasteiger partial charge in [0.25, 0.3) is 0 Å². The number of H-pyrrole nitrogens is 2. The average Bonchev–Trinajstić information content (AvgIpc) is 3.36. The number of nitrogens with one attached hydrogen (secondary N) is 3. The number of pyridine rings is 3. The molecule has 31 heavy (non-hydrogen) atoms. The molecule has 5 aromatic heterocycles. The van der Waals surface area contributed by atoms with E-state index >= 15 is 0 Å². The van der Waals surface area contributed by atoms with Gasteiger partial charge in [0.05, 0.1) is 23.3 Å². The van der Waals surface area contributed by atoms with Crippen LogP contribution in [-0.4, -0.2) is 36.0 Å². The van der Waals surface area contributed by atoms with Crippen LogP contribution in [0.1, 0.15) is 20.8 Å². The molecule has 0 saturated carbocycles. The molecule has 5 rings (SSSR count). The second kappa shape index (κ2) is 7.02. The van der Waals surface area contributed by atoms with Crippen LogP contribution >= 0.6 is 0 Å². The van der Waals surface area contributed by atoms with Crippen molar-refractivity contribution in [2.24, 2.45) is 5.41 Å². The fourth-order valence-electron chi connectivity index (χ4n) is 3.35. The summed E-state index contributed by atoms with van der Waals surface area (Å²) in [6, 6.07) is 7.89. The number of anilines is 1. The van der Waals surface area contributed by atoms with Gasteiger partial charge in [-0.15, -0.1) is 0 Å². The first kappa shape index (κ1) is 18.9. The predicted molar refractivity (Wildman–Crippen MR) is 120 cm³/mol. The molecule has 0 aromatic carbocycles. The summed E-state index contributed by atoms with van der Waals surface area (Å²) >= 11 is 0. The van der Waals surface area contributed by atoms with Gasteiger partial charge in [-0.05, 0) is 24.3 Å². The molecule has 0 aliphatic rings. The van der Waals surface area contributed by atoms with E-state index in [-0.39, 0.29) is 5.91 Å². The third-order valence-electron chi connectivity index (χ3n) is 5.11. The van der Waals surface area contributed by atoms with Crippen LogP contribution in [0.15, 0.2) is 55.2 Å². The molecular weight excluding hydrogens is 390 g/mol. The Morgan fingerprint density at radius 1 is 1.00 bits per heavy atom. The van der Waals surface area contributed by atoms with Crippen molar-refractivity contribution in [3.8, 4) is 22.5 Å². The Bertz CT molecular complexity index is 1390. The van der Waals surface area contributed by atoms with E-state index in [0.29, 0.717) is 11.3 Å². The van der Waals surface area contributed by atoms with Crippen LogP contribution in [0.25, 0.3) is 44.5 Å². The molecule has 0 aliphatic carbocycles. The Morgan fingerprint density at radius 2 is 1.84 bits per heavy atom. The van der Waals surface area contributed by atoms with Crippen molar-refractivity contribution < 1.29 is 4.79 Å². The molecule has 0 unspecified atom stereocenters. The Kier molecular flexibility index (Phi) is 4.28. The number of nitrogens with zero attached hydrogens (tertiary/aromatic N) is 4. The number of carbonyl (C=O) groups is 1. The Labute approximate surface area is 178 Å². The number of rotatable bonds is 3. The summed E-state index contributed by atoms with van der Waals surface area (Å²) in [7, 11) is 0. The van der Waals surface area contributed by atoms with Gasteiger partial charge in [0, 0.05) is 57.6 Å². The van der Waals surface area contributed by atoms with Gasteiger partial charge in [-0.25, -0.2) is 4.98 Å². The zero-order valence-corrected chi connectivity index (χ0v) is 17.4. The molecule has 0 saturated heterocycles. The van der Waals surface area contributed by atoms with E-state index in [1.54, 1.807) is 24.8 Å². The highest BCUT2D eigenvalue weighted by atomic mass is 16.2. The van der Waals surface area contributed by atoms with Crippen LogP contribution in [0, 0.1) is 5.41 Å². The molecule has 1 amide bonds. The highest BCUT2D eigenvalue weighted by Gasteiger charge is 2.21. The van der Waals surface area contributed by atoms with Gasteiger partial charge in [-0.3, -0.25) is 19.9 Å². The molecule has 0 atom stereocenters. The molecule has 0 radical (unpaired) electrons. The van der Waals surface area contributed by atoms with Gasteiger partial charge in [0.2, 0.25) is 5.91 Å². The summed E-state index contributed by atoms with van der Waals surface area (Å²) in [6.07, 6.45) is 8.73. The van der Waals surface area contributed by atoms with Crippen LogP contribution in [-0.2, 0) is 4.79 Å². The maximum atomic E-state index is 12.3. The minimum atomic E-state index is -0.489. The summed E-state index contributed by atoms with van der Waals surface area (Å²) in [5.74, 6) is -0.0644. The quantitative estimate of drug-likeness (QED) is 0.403. The first-order valence-corrected chi connectivity index (χ1v) is 9.92. The summed E-state index contributed by atoms with van der Waals surface area (Å²) in [6.45, 7) is 5.62. The van der Waals surface area contributed by atoms with Crippen molar-refractivity contribution in [1.82, 2.24) is 30.1 Å². The highest BCUT2D eigenvalue weighted by molar-refractivity contribution is 5.97. The van der Waals surface area contributed by atoms with Crippen molar-refractivity contribution in [3.05, 3.63) is 55.2 Å². The number of amides is 1. The van der Waals surface area contributed by atoms with Gasteiger partial charge in [-0.1, -0.05) is 20.8 Å². The maximum absolute atomic E-state index is 12.3. The van der Waals surface area contributed by atoms with Gasteiger partial charge < -0.3 is 10.3 Å². The third kappa shape index (κ3) is 3.52. The fourth-order valence-corrected chi connectivity index (χ4v) is 3.35. The smallest absolute Gasteiger partial charge is 0.229 e. The van der Waals surface area contributed by atoms with E-state index in [1.165, 1.54) is 0 Å². The Hall–Kier alpha value is -4.07. The number of aromatic amines is 2. The zero-order valence-electron chi connectivity index (χ0n) is 17.4. The lowest BCUT2D eigenvalue weighted by molar-refractivity contribution is -0.123. The average molecular weight is 411 g/mol. The molecule has 0 spiro atoms. The predicted octanol–water partition coefficient (Wildman–Crippen LogP) is 4.55. The first-order valence-electron chi connectivity index (χ1n) is 9.92. The molecule has 154 valence electrons. The summed E-state index contributed by atoms with van der Waals surface area (Å²) in [4.78, 5) is 28.7. The summed E-state index contributed by atoms with van der Waals surface area (Å²) in [5, 5.41) is 12.3. The SMILES string of the molecule is CC(C)(C)C(=O)Nc1cncc(-c2cnc3n[nH]c(-c4cc5cnccc5[nH]4)c3c2)c1. The Balaban J connectivity index is 1.54. The number of fused-ring (bicyclic) bond motifs is 2. The van der Waals surface area contributed by atoms with E-state index in [0.717, 1.165) is 38.8 Å². The molecule has 0 aliphatic heterocycles. The third-order valence-corrected chi connectivity index (χ3v) is 5.11. The molecule has 8 nitrogen and oxygen atoms in total. The topological polar surface area (TPSA) is 112 Å². The zero-order chi connectivity index (χ0) is 21.6. The van der Waals surface area contributed by atoms with Crippen molar-refractivity contribution in [3.63, 3.8) is 0 Å². The van der Waals surface area contributed by atoms with E-state index in [9.17, 15) is 4.79 Å². The van der Waals surface area contributed by atoms with E-state index in [1.807, 2.05) is 51.2 Å². The molecule has 5 aromatic rings. The van der Waals surface area contributed by atoms with E-state index in [4.69, 9.17) is 0 Å². The molecule has 8 heteroatoms. The Morgan fingerprint density at radius 3 is 2.65 bits per heavy atom. The lowest BCUT2D eigenvalue weighted by Gasteiger charge is -2.17. The number of aromatic nitrogens is 6. The fraction of sp³-hybridized carbons (Fsp3) is 0.174. The van der Waals surface area contributed by atoms with Gasteiger partial charge in [0.1, 0.15) is 0 Å². The number of hydrogen-bond donors (Lipinski definition) is 3. The first-order chi connectivity index (χ1) is 14.9. The van der Waals surface area contributed by atoms with Crippen LogP contribution in [0.3, 0.4) is 0 Å². The number of carbonyl (C=O) groups excluding carboxylic acids is 1. The van der Waals surface area contributed by atoms with Gasteiger partial charge in [-0.2, -0.15) is 5.10 Å². The lowest BCUT2D eigenvalue weighted by Crippen LogP contribution is -2.27. The van der Waals surface area contributed by atoms with Gasteiger partial charge in [0.15, 0.2) is 5.65 Å². The molecule has 5 heterocycles. The van der Waals surface area contributed by atoms with Crippen molar-refractivity contribution in [2.45, 2.75) is 20.8 Å². The molecule has 0 bridgehead atoms. The highest BCUT2D eigenvalue weighted by Crippen LogP contribution is 2.31. The van der Waals surface area contributed by atoms with Crippen LogP contribution < -0.4 is 5.32 Å². The molecule has 3 N–H and O–H groups in total. The van der Waals surface area contributed by atoms with Crippen LogP contribution in [0.4, 0.5) is 5.69 Å². The molecular formula is C23H21N7O. The standard InChI is InChI=1S/C23H21N7O/c1-23(2,3)22(31)27-16-6-13(9-25-12-16)14-7-17-20(29-30-21(17)26-11-14)19-8-15-10-24-5-4-18(15)28-19/h4-12,28H,1-3H3,(H,27,31)(H,26,29,30). The second-order valence-electron chi connectivity index (χ2n) is 8.51. The van der Waals surface area contributed by atoms with Crippen molar-refractivity contribution in [2.75, 3.05) is 5.32 Å². The lowest BCUT2D eigenvalue weighted by atomic mass is 9.95. The normalized spacial score (nSPS) is 11.8. The van der Waals surface area contributed by atoms with E-state index in [2.05, 4.69) is 35.5 Å². The molecule has 0 fully saturated rings. The van der Waals surface area contributed by atoms with Crippen molar-refractivity contribution >= 4 is 33.5 Å². The minimum Gasteiger partial charge on any atom is -0.353 e. The second-order valence-corrected chi connectivity index (χ2v) is 8.51. The minimum absolute atomic E-state index is 0.0644. The monoisotopic (exact) mass is 411 g/mol. The summed E-state index contributed by atoms with van der Waals surface area (Å²) < 4.78 is 0. The summed E-state index contributed by atoms with van der Waals surface area (Å²) in [5.41, 5.74) is 5.29. The van der Waals surface area contributed by atoms with Crippen molar-refractivity contribution in [1.29, 1.82) is 0 Å². The largest absolute Gasteiger partial charge is 0.353 e. The number of hydrogen-bond acceptors (Lipinski definition) is 5. The van der Waals surface area contributed by atoms with Crippen LogP contribution in [0.2, 0.25) is 0 Å². The van der Waals surface area contributed by atoms with Crippen LogP contribution in [0.5, 0.6) is 0 Å². The van der Waals surface area contributed by atoms with E-state index < -0.39 is 5.41 Å².